The molecule has 140 valence electrons. The van der Waals surface area contributed by atoms with Gasteiger partial charge in [0.1, 0.15) is 12.4 Å². The molecule has 0 saturated carbocycles. The van der Waals surface area contributed by atoms with Gasteiger partial charge in [-0.25, -0.2) is 4.98 Å². The van der Waals surface area contributed by atoms with E-state index in [0.29, 0.717) is 0 Å². The van der Waals surface area contributed by atoms with Gasteiger partial charge in [0.05, 0.1) is 17.1 Å². The molecule has 0 spiro atoms. The largest absolute Gasteiger partial charge is 0.348 e. The Morgan fingerprint density at radius 3 is 2.43 bits per heavy atom. The van der Waals surface area contributed by atoms with Crippen LogP contribution in [-0.4, -0.2) is 15.5 Å². The van der Waals surface area contributed by atoms with E-state index in [0.717, 1.165) is 33.5 Å². The number of amides is 1. The summed E-state index contributed by atoms with van der Waals surface area (Å²) in [5.74, 6) is 0.788. The summed E-state index contributed by atoms with van der Waals surface area (Å²) in [6, 6.07) is 26.0. The van der Waals surface area contributed by atoms with Gasteiger partial charge in [0.2, 0.25) is 5.91 Å². The van der Waals surface area contributed by atoms with Gasteiger partial charge in [0, 0.05) is 5.56 Å². The summed E-state index contributed by atoms with van der Waals surface area (Å²) in [6.07, 6.45) is 0. The number of carbonyl (C=O) groups excluding carboxylic acids is 1. The van der Waals surface area contributed by atoms with E-state index in [1.165, 1.54) is 0 Å². The fourth-order valence-electron chi connectivity index (χ4n) is 3.52. The third-order valence-electron chi connectivity index (χ3n) is 5.02. The van der Waals surface area contributed by atoms with E-state index in [9.17, 15) is 4.79 Å². The maximum Gasteiger partial charge on any atom is 0.240 e. The molecule has 0 radical (unpaired) electrons. The van der Waals surface area contributed by atoms with Crippen molar-refractivity contribution in [2.24, 2.45) is 0 Å². The molecule has 0 aliphatic heterocycles. The van der Waals surface area contributed by atoms with E-state index in [-0.39, 0.29) is 18.5 Å². The van der Waals surface area contributed by atoms with Gasteiger partial charge >= 0.3 is 0 Å². The summed E-state index contributed by atoms with van der Waals surface area (Å²) in [5, 5.41) is 3.10. The number of imidazole rings is 1. The maximum absolute atomic E-state index is 12.8. The lowest BCUT2D eigenvalue weighted by Gasteiger charge is -2.16. The predicted molar refractivity (Wildman–Crippen MR) is 113 cm³/mol. The van der Waals surface area contributed by atoms with Crippen molar-refractivity contribution in [2.45, 2.75) is 26.4 Å². The number of nitrogens with zero attached hydrogens (tertiary/aromatic N) is 2. The highest BCUT2D eigenvalue weighted by Gasteiger charge is 2.17. The van der Waals surface area contributed by atoms with Crippen LogP contribution in [0.5, 0.6) is 0 Å². The number of para-hydroxylation sites is 2. The number of fused-ring (bicyclic) bond motifs is 1. The molecule has 0 fully saturated rings. The molecular formula is C24H23N3O. The number of benzene rings is 3. The van der Waals surface area contributed by atoms with Gasteiger partial charge in [-0.2, -0.15) is 0 Å². The summed E-state index contributed by atoms with van der Waals surface area (Å²) in [5.41, 5.74) is 5.12. The molecule has 0 saturated heterocycles. The highest BCUT2D eigenvalue weighted by atomic mass is 16.2. The van der Waals surface area contributed by atoms with Crippen LogP contribution < -0.4 is 5.32 Å². The summed E-state index contributed by atoms with van der Waals surface area (Å²) in [7, 11) is 0. The van der Waals surface area contributed by atoms with Crippen LogP contribution in [-0.2, 0) is 11.3 Å². The normalized spacial score (nSPS) is 12.1. The highest BCUT2D eigenvalue weighted by molar-refractivity contribution is 5.85. The molecule has 1 unspecified atom stereocenters. The van der Waals surface area contributed by atoms with Crippen LogP contribution in [0.25, 0.3) is 22.4 Å². The van der Waals surface area contributed by atoms with E-state index in [2.05, 4.69) is 24.4 Å². The Bertz CT molecular complexity index is 1120. The quantitative estimate of drug-likeness (QED) is 0.544. The highest BCUT2D eigenvalue weighted by Crippen LogP contribution is 2.27. The second kappa shape index (κ2) is 7.69. The van der Waals surface area contributed by atoms with Crippen LogP contribution in [0.2, 0.25) is 0 Å². The first-order chi connectivity index (χ1) is 13.6. The van der Waals surface area contributed by atoms with Gasteiger partial charge in [-0.15, -0.1) is 0 Å². The zero-order valence-electron chi connectivity index (χ0n) is 16.1. The van der Waals surface area contributed by atoms with Gasteiger partial charge in [-0.05, 0) is 37.1 Å². The molecule has 1 N–H and O–H groups in total. The third kappa shape index (κ3) is 3.54. The molecule has 4 nitrogen and oxygen atoms in total. The lowest BCUT2D eigenvalue weighted by molar-refractivity contribution is -0.122. The minimum Gasteiger partial charge on any atom is -0.348 e. The smallest absolute Gasteiger partial charge is 0.240 e. The molecule has 4 aromatic rings. The Kier molecular flexibility index (Phi) is 4.94. The Balaban J connectivity index is 1.67. The monoisotopic (exact) mass is 369 g/mol. The van der Waals surface area contributed by atoms with Gasteiger partial charge in [0.25, 0.3) is 0 Å². The molecule has 4 rings (SSSR count). The molecule has 4 heteroatoms. The van der Waals surface area contributed by atoms with Crippen molar-refractivity contribution >= 4 is 16.9 Å². The van der Waals surface area contributed by atoms with Crippen molar-refractivity contribution in [1.82, 2.24) is 14.9 Å². The van der Waals surface area contributed by atoms with Gasteiger partial charge in [-0.3, -0.25) is 4.79 Å². The topological polar surface area (TPSA) is 46.9 Å². The molecule has 1 amide bonds. The molecule has 0 bridgehead atoms. The summed E-state index contributed by atoms with van der Waals surface area (Å²) < 4.78 is 2.00. The van der Waals surface area contributed by atoms with Crippen molar-refractivity contribution in [3.05, 3.63) is 90.0 Å². The van der Waals surface area contributed by atoms with Crippen molar-refractivity contribution in [1.29, 1.82) is 0 Å². The van der Waals surface area contributed by atoms with E-state index >= 15 is 0 Å². The molecule has 3 aromatic carbocycles. The van der Waals surface area contributed by atoms with Crippen LogP contribution >= 0.6 is 0 Å². The van der Waals surface area contributed by atoms with Gasteiger partial charge in [0.15, 0.2) is 0 Å². The van der Waals surface area contributed by atoms with Crippen molar-refractivity contribution in [3.8, 4) is 11.4 Å². The zero-order valence-corrected chi connectivity index (χ0v) is 16.1. The van der Waals surface area contributed by atoms with E-state index in [4.69, 9.17) is 4.98 Å². The average Bonchev–Trinajstić information content (AvgIpc) is 3.07. The number of aryl methyl sites for hydroxylation is 1. The molecular weight excluding hydrogens is 346 g/mol. The maximum atomic E-state index is 12.8. The number of carbonyl (C=O) groups is 1. The van der Waals surface area contributed by atoms with Crippen molar-refractivity contribution < 1.29 is 4.79 Å². The number of aromatic nitrogens is 2. The number of hydrogen-bond acceptors (Lipinski definition) is 2. The zero-order chi connectivity index (χ0) is 19.5. The van der Waals surface area contributed by atoms with Crippen LogP contribution in [0.15, 0.2) is 78.9 Å². The standard InChI is InChI=1S/C24H23N3O/c1-17-10-6-7-13-20(17)24-26-21-14-8-9-15-22(21)27(24)16-23(28)25-18(2)19-11-4-3-5-12-19/h3-15,18H,16H2,1-2H3,(H,25,28). The first-order valence-corrected chi connectivity index (χ1v) is 9.49. The van der Waals surface area contributed by atoms with Crippen LogP contribution in [0.4, 0.5) is 0 Å². The van der Waals surface area contributed by atoms with E-state index in [1.807, 2.05) is 78.2 Å². The Hall–Kier alpha value is -3.40. The fraction of sp³-hybridized carbons (Fsp3) is 0.167. The van der Waals surface area contributed by atoms with Crippen molar-refractivity contribution in [3.63, 3.8) is 0 Å². The molecule has 1 atom stereocenters. The lowest BCUT2D eigenvalue weighted by atomic mass is 10.1. The molecule has 0 aliphatic carbocycles. The Morgan fingerprint density at radius 1 is 0.964 bits per heavy atom. The summed E-state index contributed by atoms with van der Waals surface area (Å²) in [4.78, 5) is 17.7. The Labute approximate surface area is 164 Å². The van der Waals surface area contributed by atoms with Crippen LogP contribution in [0.3, 0.4) is 0 Å². The van der Waals surface area contributed by atoms with Gasteiger partial charge < -0.3 is 9.88 Å². The number of nitrogens with one attached hydrogen (secondary N) is 1. The van der Waals surface area contributed by atoms with E-state index in [1.54, 1.807) is 0 Å². The van der Waals surface area contributed by atoms with Gasteiger partial charge in [-0.1, -0.05) is 66.7 Å². The molecule has 1 heterocycles. The SMILES string of the molecule is Cc1ccccc1-c1nc2ccccc2n1CC(=O)NC(C)c1ccccc1. The van der Waals surface area contributed by atoms with E-state index < -0.39 is 0 Å². The van der Waals surface area contributed by atoms with Crippen molar-refractivity contribution in [2.75, 3.05) is 0 Å². The lowest BCUT2D eigenvalue weighted by Crippen LogP contribution is -2.30. The Morgan fingerprint density at radius 2 is 1.64 bits per heavy atom. The second-order valence-electron chi connectivity index (χ2n) is 7.03. The predicted octanol–water partition coefficient (Wildman–Crippen LogP) is 4.89. The average molecular weight is 369 g/mol. The first-order valence-electron chi connectivity index (χ1n) is 9.49. The summed E-state index contributed by atoms with van der Waals surface area (Å²) in [6.45, 7) is 4.29. The third-order valence-corrected chi connectivity index (χ3v) is 5.02. The fourth-order valence-corrected chi connectivity index (χ4v) is 3.52. The number of hydrogen-bond donors (Lipinski definition) is 1. The summed E-state index contributed by atoms with van der Waals surface area (Å²) >= 11 is 0. The van der Waals surface area contributed by atoms with Crippen LogP contribution in [0, 0.1) is 6.92 Å². The molecule has 0 aliphatic rings. The van der Waals surface area contributed by atoms with Crippen LogP contribution in [0.1, 0.15) is 24.1 Å². The second-order valence-corrected chi connectivity index (χ2v) is 7.03. The minimum atomic E-state index is -0.0506. The molecule has 28 heavy (non-hydrogen) atoms. The minimum absolute atomic E-state index is 0.0330. The number of rotatable bonds is 5. The molecule has 1 aromatic heterocycles. The first kappa shape index (κ1) is 18.0.